The van der Waals surface area contributed by atoms with Gasteiger partial charge < -0.3 is 10.6 Å². The van der Waals surface area contributed by atoms with Crippen molar-refractivity contribution in [2.24, 2.45) is 0 Å². The topological polar surface area (TPSA) is 96.3 Å². The molecule has 8 heteroatoms. The van der Waals surface area contributed by atoms with Crippen LogP contribution in [0.25, 0.3) is 0 Å². The average Bonchev–Trinajstić information content (AvgIpc) is 3.24. The van der Waals surface area contributed by atoms with Crippen LogP contribution < -0.4 is 15.5 Å². The van der Waals surface area contributed by atoms with Crippen LogP contribution in [0.5, 0.6) is 0 Å². The molecule has 0 bridgehead atoms. The van der Waals surface area contributed by atoms with E-state index in [9.17, 15) is 14.4 Å². The molecule has 1 fully saturated rings. The second kappa shape index (κ2) is 8.03. The smallest absolute Gasteiger partial charge is 0.329 e. The van der Waals surface area contributed by atoms with Crippen molar-refractivity contribution < 1.29 is 14.4 Å². The van der Waals surface area contributed by atoms with E-state index >= 15 is 0 Å². The molecule has 4 amide bonds. The van der Waals surface area contributed by atoms with Gasteiger partial charge in [-0.15, -0.1) is 0 Å². The molecule has 1 aromatic carbocycles. The number of rotatable bonds is 7. The SMILES string of the molecule is CC(C)c1ccc(N2C(=O)N[C@H](CC(=O)NCCn3cccn3)C2=O)cc1. The molecule has 142 valence electrons. The monoisotopic (exact) mass is 369 g/mol. The Labute approximate surface area is 157 Å². The van der Waals surface area contributed by atoms with E-state index in [2.05, 4.69) is 29.6 Å². The first-order chi connectivity index (χ1) is 13.0. The summed E-state index contributed by atoms with van der Waals surface area (Å²) in [5.41, 5.74) is 1.63. The molecule has 1 aliphatic rings. The molecular formula is C19H23N5O3. The molecule has 1 saturated heterocycles. The fourth-order valence-corrected chi connectivity index (χ4v) is 2.92. The Morgan fingerprint density at radius 2 is 2.00 bits per heavy atom. The summed E-state index contributed by atoms with van der Waals surface area (Å²) in [6, 6.07) is 7.74. The lowest BCUT2D eigenvalue weighted by Gasteiger charge is -2.14. The second-order valence-electron chi connectivity index (χ2n) is 6.75. The third kappa shape index (κ3) is 4.33. The number of amides is 4. The molecule has 2 N–H and O–H groups in total. The van der Waals surface area contributed by atoms with Crippen LogP contribution in [0.4, 0.5) is 10.5 Å². The molecule has 2 aromatic rings. The van der Waals surface area contributed by atoms with E-state index in [0.717, 1.165) is 10.5 Å². The summed E-state index contributed by atoms with van der Waals surface area (Å²) in [5, 5.41) is 9.37. The van der Waals surface area contributed by atoms with Gasteiger partial charge in [-0.3, -0.25) is 14.3 Å². The molecular weight excluding hydrogens is 346 g/mol. The Hall–Kier alpha value is -3.16. The Balaban J connectivity index is 1.56. The second-order valence-corrected chi connectivity index (χ2v) is 6.75. The summed E-state index contributed by atoms with van der Waals surface area (Å²) in [6.07, 6.45) is 3.37. The highest BCUT2D eigenvalue weighted by molar-refractivity contribution is 6.22. The van der Waals surface area contributed by atoms with Crippen molar-refractivity contribution in [3.8, 4) is 0 Å². The molecule has 27 heavy (non-hydrogen) atoms. The van der Waals surface area contributed by atoms with Crippen molar-refractivity contribution in [1.82, 2.24) is 20.4 Å². The maximum atomic E-state index is 12.6. The number of hydrogen-bond donors (Lipinski definition) is 2. The number of imide groups is 1. The largest absolute Gasteiger partial charge is 0.354 e. The van der Waals surface area contributed by atoms with Crippen LogP contribution in [0.2, 0.25) is 0 Å². The fourth-order valence-electron chi connectivity index (χ4n) is 2.92. The lowest BCUT2D eigenvalue weighted by molar-refractivity contribution is -0.125. The van der Waals surface area contributed by atoms with Gasteiger partial charge in [-0.25, -0.2) is 9.69 Å². The van der Waals surface area contributed by atoms with E-state index in [1.807, 2.05) is 12.1 Å². The van der Waals surface area contributed by atoms with Crippen molar-refractivity contribution in [2.75, 3.05) is 11.4 Å². The minimum absolute atomic E-state index is 0.0930. The van der Waals surface area contributed by atoms with Crippen molar-refractivity contribution >= 4 is 23.5 Å². The van der Waals surface area contributed by atoms with E-state index in [-0.39, 0.29) is 12.3 Å². The third-order valence-electron chi connectivity index (χ3n) is 4.45. The summed E-state index contributed by atoms with van der Waals surface area (Å²) in [6.45, 7) is 5.08. The van der Waals surface area contributed by atoms with Crippen LogP contribution in [0, 0.1) is 0 Å². The zero-order chi connectivity index (χ0) is 19.4. The van der Waals surface area contributed by atoms with Gasteiger partial charge in [-0.2, -0.15) is 5.10 Å². The average molecular weight is 369 g/mol. The molecule has 0 saturated carbocycles. The number of benzene rings is 1. The summed E-state index contributed by atoms with van der Waals surface area (Å²) in [4.78, 5) is 38.0. The minimum atomic E-state index is -0.855. The van der Waals surface area contributed by atoms with Crippen molar-refractivity contribution in [3.63, 3.8) is 0 Å². The van der Waals surface area contributed by atoms with Crippen molar-refractivity contribution in [2.45, 2.75) is 38.8 Å². The van der Waals surface area contributed by atoms with Crippen LogP contribution in [0.15, 0.2) is 42.7 Å². The highest BCUT2D eigenvalue weighted by Gasteiger charge is 2.39. The first-order valence-electron chi connectivity index (χ1n) is 8.94. The molecule has 2 heterocycles. The highest BCUT2D eigenvalue weighted by Crippen LogP contribution is 2.23. The number of aromatic nitrogens is 2. The van der Waals surface area contributed by atoms with E-state index in [1.54, 1.807) is 35.3 Å². The minimum Gasteiger partial charge on any atom is -0.354 e. The number of hydrogen-bond acceptors (Lipinski definition) is 4. The maximum absolute atomic E-state index is 12.6. The summed E-state index contributed by atoms with van der Waals surface area (Å²) in [5.74, 6) is -0.349. The van der Waals surface area contributed by atoms with Gasteiger partial charge in [0.05, 0.1) is 18.7 Å². The van der Waals surface area contributed by atoms with Gasteiger partial charge in [-0.05, 0) is 29.7 Å². The predicted molar refractivity (Wildman–Crippen MR) is 100 cm³/mol. The van der Waals surface area contributed by atoms with E-state index < -0.39 is 18.0 Å². The Bertz CT molecular complexity index is 814. The predicted octanol–water partition coefficient (Wildman–Crippen LogP) is 1.64. The van der Waals surface area contributed by atoms with Gasteiger partial charge in [-0.1, -0.05) is 26.0 Å². The zero-order valence-corrected chi connectivity index (χ0v) is 15.4. The number of urea groups is 1. The summed E-state index contributed by atoms with van der Waals surface area (Å²) >= 11 is 0. The van der Waals surface area contributed by atoms with Crippen LogP contribution >= 0.6 is 0 Å². The molecule has 0 aliphatic carbocycles. The van der Waals surface area contributed by atoms with Gasteiger partial charge in [0.25, 0.3) is 5.91 Å². The van der Waals surface area contributed by atoms with Gasteiger partial charge in [0, 0.05) is 18.9 Å². The van der Waals surface area contributed by atoms with Crippen molar-refractivity contribution in [3.05, 3.63) is 48.3 Å². The standard InChI is InChI=1S/C19H23N5O3/c1-13(2)14-4-6-15(7-5-14)24-18(26)16(22-19(24)27)12-17(25)20-9-11-23-10-3-8-21-23/h3-8,10,13,16H,9,11-12H2,1-2H3,(H,20,25)(H,22,27)/t16-/m1/s1. The molecule has 1 atom stereocenters. The van der Waals surface area contributed by atoms with Crippen molar-refractivity contribution in [1.29, 1.82) is 0 Å². The maximum Gasteiger partial charge on any atom is 0.329 e. The Morgan fingerprint density at radius 1 is 1.26 bits per heavy atom. The molecule has 0 unspecified atom stereocenters. The molecule has 0 radical (unpaired) electrons. The molecule has 1 aliphatic heterocycles. The number of nitrogens with zero attached hydrogens (tertiary/aromatic N) is 3. The number of carbonyl (C=O) groups excluding carboxylic acids is 3. The molecule has 0 spiro atoms. The highest BCUT2D eigenvalue weighted by atomic mass is 16.2. The number of nitrogens with one attached hydrogen (secondary N) is 2. The normalized spacial score (nSPS) is 16.7. The van der Waals surface area contributed by atoms with Crippen LogP contribution in [-0.2, 0) is 16.1 Å². The molecule has 8 nitrogen and oxygen atoms in total. The Kier molecular flexibility index (Phi) is 5.54. The molecule has 3 rings (SSSR count). The Morgan fingerprint density at radius 3 is 2.63 bits per heavy atom. The lowest BCUT2D eigenvalue weighted by Crippen LogP contribution is -2.37. The van der Waals surface area contributed by atoms with E-state index in [1.165, 1.54) is 0 Å². The summed E-state index contributed by atoms with van der Waals surface area (Å²) < 4.78 is 1.70. The van der Waals surface area contributed by atoms with E-state index in [0.29, 0.717) is 24.7 Å². The fraction of sp³-hybridized carbons (Fsp3) is 0.368. The quantitative estimate of drug-likeness (QED) is 0.725. The van der Waals surface area contributed by atoms with E-state index in [4.69, 9.17) is 0 Å². The van der Waals surface area contributed by atoms with Gasteiger partial charge in [0.15, 0.2) is 0 Å². The van der Waals surface area contributed by atoms with Gasteiger partial charge >= 0.3 is 6.03 Å². The lowest BCUT2D eigenvalue weighted by atomic mass is 10.0. The first kappa shape index (κ1) is 18.6. The zero-order valence-electron chi connectivity index (χ0n) is 15.4. The van der Waals surface area contributed by atoms with Gasteiger partial charge in [0.1, 0.15) is 6.04 Å². The van der Waals surface area contributed by atoms with Crippen LogP contribution in [0.3, 0.4) is 0 Å². The number of carbonyl (C=O) groups is 3. The van der Waals surface area contributed by atoms with Crippen LogP contribution in [-0.4, -0.2) is 40.2 Å². The summed E-state index contributed by atoms with van der Waals surface area (Å²) in [7, 11) is 0. The first-order valence-corrected chi connectivity index (χ1v) is 8.94. The number of anilines is 1. The molecule has 1 aromatic heterocycles. The third-order valence-corrected chi connectivity index (χ3v) is 4.45. The van der Waals surface area contributed by atoms with Crippen LogP contribution in [0.1, 0.15) is 31.7 Å². The van der Waals surface area contributed by atoms with Gasteiger partial charge in [0.2, 0.25) is 5.91 Å².